The molecule has 0 bridgehead atoms. The van der Waals surface area contributed by atoms with Gasteiger partial charge >= 0.3 is 0 Å². The Hall–Kier alpha value is -0.610. The standard InChI is InChI=1S/C10H15ClN2OS/c1-6-5-12-9(15-6)7(11)8(14)13-10(2,3)4/h5,7H,1-4H3,(H,13,14). The van der Waals surface area contributed by atoms with E-state index in [2.05, 4.69) is 10.3 Å². The second kappa shape index (κ2) is 4.49. The van der Waals surface area contributed by atoms with Gasteiger partial charge in [0.25, 0.3) is 0 Å². The Kier molecular flexibility index (Phi) is 3.73. The Morgan fingerprint density at radius 3 is 2.60 bits per heavy atom. The molecular formula is C10H15ClN2OS. The normalized spacial score (nSPS) is 13.7. The number of hydrogen-bond donors (Lipinski definition) is 1. The highest BCUT2D eigenvalue weighted by Gasteiger charge is 2.24. The number of amides is 1. The van der Waals surface area contributed by atoms with Crippen LogP contribution in [0, 0.1) is 6.92 Å². The molecule has 3 nitrogen and oxygen atoms in total. The van der Waals surface area contributed by atoms with Crippen LogP contribution in [0.15, 0.2) is 6.20 Å². The van der Waals surface area contributed by atoms with E-state index < -0.39 is 5.38 Å². The maximum atomic E-state index is 11.7. The number of nitrogens with zero attached hydrogens (tertiary/aromatic N) is 1. The van der Waals surface area contributed by atoms with E-state index in [1.807, 2.05) is 27.7 Å². The van der Waals surface area contributed by atoms with Crippen LogP contribution in [0.4, 0.5) is 0 Å². The first-order valence-electron chi connectivity index (χ1n) is 4.68. The average Bonchev–Trinajstić information content (AvgIpc) is 2.47. The first kappa shape index (κ1) is 12.5. The van der Waals surface area contributed by atoms with Gasteiger partial charge in [0.2, 0.25) is 5.91 Å². The Labute approximate surface area is 98.9 Å². The molecule has 1 aromatic rings. The van der Waals surface area contributed by atoms with Crippen LogP contribution < -0.4 is 5.32 Å². The Balaban J connectivity index is 2.69. The van der Waals surface area contributed by atoms with E-state index in [1.165, 1.54) is 11.3 Å². The van der Waals surface area contributed by atoms with Crippen molar-refractivity contribution in [3.63, 3.8) is 0 Å². The highest BCUT2D eigenvalue weighted by molar-refractivity contribution is 7.12. The molecule has 0 aliphatic heterocycles. The molecule has 0 saturated heterocycles. The van der Waals surface area contributed by atoms with Gasteiger partial charge in [-0.25, -0.2) is 4.98 Å². The number of aryl methyl sites for hydroxylation is 1. The molecule has 1 aromatic heterocycles. The van der Waals surface area contributed by atoms with Gasteiger partial charge in [0, 0.05) is 16.6 Å². The summed E-state index contributed by atoms with van der Waals surface area (Å²) < 4.78 is 0. The van der Waals surface area contributed by atoms with Crippen molar-refractivity contribution in [2.45, 2.75) is 38.6 Å². The minimum atomic E-state index is -0.692. The van der Waals surface area contributed by atoms with Crippen molar-refractivity contribution in [3.8, 4) is 0 Å². The molecule has 1 atom stereocenters. The third-order valence-corrected chi connectivity index (χ3v) is 3.10. The average molecular weight is 247 g/mol. The van der Waals surface area contributed by atoms with E-state index in [9.17, 15) is 4.79 Å². The zero-order valence-corrected chi connectivity index (χ0v) is 10.9. The minimum Gasteiger partial charge on any atom is -0.350 e. The molecule has 1 amide bonds. The molecule has 0 radical (unpaired) electrons. The fraction of sp³-hybridized carbons (Fsp3) is 0.600. The molecule has 5 heteroatoms. The summed E-state index contributed by atoms with van der Waals surface area (Å²) >= 11 is 7.46. The molecule has 1 rings (SSSR count). The van der Waals surface area contributed by atoms with Gasteiger partial charge in [0.05, 0.1) is 0 Å². The lowest BCUT2D eigenvalue weighted by molar-refractivity contribution is -0.122. The van der Waals surface area contributed by atoms with E-state index >= 15 is 0 Å². The van der Waals surface area contributed by atoms with Crippen LogP contribution in [0.3, 0.4) is 0 Å². The lowest BCUT2D eigenvalue weighted by atomic mass is 10.1. The number of rotatable bonds is 2. The van der Waals surface area contributed by atoms with Crippen molar-refractivity contribution in [2.75, 3.05) is 0 Å². The number of aromatic nitrogens is 1. The molecule has 0 aliphatic rings. The van der Waals surface area contributed by atoms with E-state index in [0.29, 0.717) is 5.01 Å². The summed E-state index contributed by atoms with van der Waals surface area (Å²) in [6.07, 6.45) is 1.72. The summed E-state index contributed by atoms with van der Waals surface area (Å²) in [5.41, 5.74) is -0.267. The van der Waals surface area contributed by atoms with E-state index in [-0.39, 0.29) is 11.4 Å². The Morgan fingerprint density at radius 2 is 2.20 bits per heavy atom. The second-order valence-electron chi connectivity index (χ2n) is 4.41. The van der Waals surface area contributed by atoms with E-state index in [1.54, 1.807) is 6.20 Å². The van der Waals surface area contributed by atoms with Crippen molar-refractivity contribution in [3.05, 3.63) is 16.1 Å². The number of nitrogens with one attached hydrogen (secondary N) is 1. The highest BCUT2D eigenvalue weighted by atomic mass is 35.5. The predicted octanol–water partition coefficient (Wildman–Crippen LogP) is 2.65. The number of halogens is 1. The summed E-state index contributed by atoms with van der Waals surface area (Å²) in [5, 5.41) is 2.78. The van der Waals surface area contributed by atoms with Crippen LogP contribution in [0.2, 0.25) is 0 Å². The topological polar surface area (TPSA) is 42.0 Å². The molecule has 0 aliphatic carbocycles. The van der Waals surface area contributed by atoms with Crippen LogP contribution in [-0.2, 0) is 4.79 Å². The van der Waals surface area contributed by atoms with Gasteiger partial charge in [-0.1, -0.05) is 0 Å². The lowest BCUT2D eigenvalue weighted by Gasteiger charge is -2.21. The monoisotopic (exact) mass is 246 g/mol. The van der Waals surface area contributed by atoms with Gasteiger partial charge in [-0.15, -0.1) is 22.9 Å². The Bertz CT molecular complexity index is 357. The summed E-state index contributed by atoms with van der Waals surface area (Å²) in [7, 11) is 0. The van der Waals surface area contributed by atoms with Gasteiger partial charge in [-0.05, 0) is 27.7 Å². The van der Waals surface area contributed by atoms with E-state index in [0.717, 1.165) is 4.88 Å². The minimum absolute atomic E-state index is 0.196. The van der Waals surface area contributed by atoms with Crippen molar-refractivity contribution in [1.29, 1.82) is 0 Å². The number of hydrogen-bond acceptors (Lipinski definition) is 3. The number of thiazole rings is 1. The fourth-order valence-corrected chi connectivity index (χ4v) is 2.03. The smallest absolute Gasteiger partial charge is 0.245 e. The third kappa shape index (κ3) is 3.80. The van der Waals surface area contributed by atoms with Crippen LogP contribution in [-0.4, -0.2) is 16.4 Å². The largest absolute Gasteiger partial charge is 0.350 e. The molecule has 0 spiro atoms. The maximum absolute atomic E-state index is 11.7. The van der Waals surface area contributed by atoms with Crippen molar-refractivity contribution in [2.24, 2.45) is 0 Å². The molecule has 0 aromatic carbocycles. The SMILES string of the molecule is Cc1cnc(C(Cl)C(=O)NC(C)(C)C)s1. The Morgan fingerprint density at radius 1 is 1.60 bits per heavy atom. The zero-order valence-electron chi connectivity index (χ0n) is 9.30. The number of carbonyl (C=O) groups excluding carboxylic acids is 1. The van der Waals surface area contributed by atoms with Gasteiger partial charge in [0.15, 0.2) is 5.38 Å². The lowest BCUT2D eigenvalue weighted by Crippen LogP contribution is -2.42. The summed E-state index contributed by atoms with van der Waals surface area (Å²) in [6.45, 7) is 7.69. The summed E-state index contributed by atoms with van der Waals surface area (Å²) in [5.74, 6) is -0.196. The second-order valence-corrected chi connectivity index (χ2v) is 6.11. The third-order valence-electron chi connectivity index (χ3n) is 1.58. The fourth-order valence-electron chi connectivity index (χ4n) is 1.03. The number of alkyl halides is 1. The molecular weight excluding hydrogens is 232 g/mol. The highest BCUT2D eigenvalue weighted by Crippen LogP contribution is 2.25. The van der Waals surface area contributed by atoms with Gasteiger partial charge in [-0.2, -0.15) is 0 Å². The van der Waals surface area contributed by atoms with Crippen LogP contribution >= 0.6 is 22.9 Å². The predicted molar refractivity (Wildman–Crippen MR) is 63.3 cm³/mol. The van der Waals surface area contributed by atoms with Crippen molar-refractivity contribution >= 4 is 28.8 Å². The number of carbonyl (C=O) groups is 1. The molecule has 0 saturated carbocycles. The first-order chi connectivity index (χ1) is 6.79. The quantitative estimate of drug-likeness (QED) is 0.816. The maximum Gasteiger partial charge on any atom is 0.245 e. The molecule has 15 heavy (non-hydrogen) atoms. The van der Waals surface area contributed by atoms with Gasteiger partial charge < -0.3 is 5.32 Å². The summed E-state index contributed by atoms with van der Waals surface area (Å²) in [4.78, 5) is 16.8. The van der Waals surface area contributed by atoms with Crippen LogP contribution in [0.5, 0.6) is 0 Å². The van der Waals surface area contributed by atoms with Crippen molar-refractivity contribution in [1.82, 2.24) is 10.3 Å². The van der Waals surface area contributed by atoms with E-state index in [4.69, 9.17) is 11.6 Å². The van der Waals surface area contributed by atoms with Gasteiger partial charge in [-0.3, -0.25) is 4.79 Å². The zero-order chi connectivity index (χ0) is 11.6. The van der Waals surface area contributed by atoms with Crippen LogP contribution in [0.25, 0.3) is 0 Å². The molecule has 1 unspecified atom stereocenters. The molecule has 1 N–H and O–H groups in total. The van der Waals surface area contributed by atoms with Crippen molar-refractivity contribution < 1.29 is 4.79 Å². The van der Waals surface area contributed by atoms with Gasteiger partial charge in [0.1, 0.15) is 5.01 Å². The summed E-state index contributed by atoms with van der Waals surface area (Å²) in [6, 6.07) is 0. The molecule has 0 fully saturated rings. The first-order valence-corrected chi connectivity index (χ1v) is 5.93. The van der Waals surface area contributed by atoms with Crippen LogP contribution in [0.1, 0.15) is 36.0 Å². The molecule has 1 heterocycles. The molecule has 84 valence electrons.